The highest BCUT2D eigenvalue weighted by atomic mass is 32.1. The molecule has 1 aliphatic heterocycles. The van der Waals surface area contributed by atoms with E-state index < -0.39 is 5.41 Å². The number of nitrogens with zero attached hydrogens (tertiary/aromatic N) is 1. The van der Waals surface area contributed by atoms with Crippen LogP contribution in [-0.2, 0) is 4.79 Å². The quantitative estimate of drug-likeness (QED) is 0.615. The highest BCUT2D eigenvalue weighted by Crippen LogP contribution is 2.36. The van der Waals surface area contributed by atoms with Gasteiger partial charge in [0.05, 0.1) is 4.99 Å². The zero-order valence-electron chi connectivity index (χ0n) is 11.6. The van der Waals surface area contributed by atoms with Crippen molar-refractivity contribution in [2.75, 3.05) is 13.1 Å². The van der Waals surface area contributed by atoms with Crippen LogP contribution < -0.4 is 11.2 Å². The first-order valence-corrected chi connectivity index (χ1v) is 7.92. The molecule has 0 aromatic carbocycles. The predicted molar refractivity (Wildman–Crippen MR) is 80.5 cm³/mol. The molecule has 0 aromatic rings. The Morgan fingerprint density at radius 1 is 1.00 bits per heavy atom. The van der Waals surface area contributed by atoms with E-state index in [1.807, 2.05) is 5.01 Å². The summed E-state index contributed by atoms with van der Waals surface area (Å²) in [6.07, 6.45) is 9.63. The second-order valence-electron chi connectivity index (χ2n) is 5.85. The van der Waals surface area contributed by atoms with E-state index in [-0.39, 0.29) is 5.91 Å². The van der Waals surface area contributed by atoms with Gasteiger partial charge in [-0.15, -0.1) is 0 Å². The summed E-state index contributed by atoms with van der Waals surface area (Å²) in [4.78, 5) is 13.0. The molecule has 0 atom stereocenters. The van der Waals surface area contributed by atoms with Crippen LogP contribution in [0.15, 0.2) is 0 Å². The van der Waals surface area contributed by atoms with Gasteiger partial charge in [0.2, 0.25) is 5.91 Å². The average Bonchev–Trinajstić information content (AvgIpc) is 2.66. The lowest BCUT2D eigenvalue weighted by Gasteiger charge is -2.34. The van der Waals surface area contributed by atoms with Gasteiger partial charge in [-0.05, 0) is 25.7 Å². The molecule has 2 aliphatic rings. The number of hydrazine groups is 1. The number of carbonyl (C=O) groups excluding carboxylic acids is 1. The summed E-state index contributed by atoms with van der Waals surface area (Å²) < 4.78 is 0. The molecule has 3 N–H and O–H groups in total. The highest BCUT2D eigenvalue weighted by molar-refractivity contribution is 7.80. The largest absolute Gasteiger partial charge is 0.392 e. The summed E-state index contributed by atoms with van der Waals surface area (Å²) in [7, 11) is 0. The third-order valence-corrected chi connectivity index (χ3v) is 4.87. The number of amides is 1. The number of nitrogens with two attached hydrogens (primary N) is 1. The van der Waals surface area contributed by atoms with Crippen LogP contribution in [0.3, 0.4) is 0 Å². The Kier molecular flexibility index (Phi) is 5.16. The number of rotatable bonds is 3. The summed E-state index contributed by atoms with van der Waals surface area (Å²) in [5.74, 6) is 0.0313. The van der Waals surface area contributed by atoms with Crippen molar-refractivity contribution < 1.29 is 4.79 Å². The van der Waals surface area contributed by atoms with Crippen LogP contribution in [0, 0.1) is 5.41 Å². The standard InChI is InChI=1S/C14H25N3OS/c15-12(19)14(8-4-1-2-5-9-14)13(18)16-17-10-6-3-7-11-17/h1-11H2,(H2,15,19)(H,16,18). The molecule has 1 heterocycles. The fraction of sp³-hybridized carbons (Fsp3) is 0.857. The molecule has 1 aliphatic carbocycles. The van der Waals surface area contributed by atoms with Gasteiger partial charge in [0.1, 0.15) is 5.41 Å². The van der Waals surface area contributed by atoms with Crippen LogP contribution in [-0.4, -0.2) is 29.0 Å². The van der Waals surface area contributed by atoms with Gasteiger partial charge in [-0.1, -0.05) is 44.3 Å². The summed E-state index contributed by atoms with van der Waals surface area (Å²) in [5, 5.41) is 2.04. The lowest BCUT2D eigenvalue weighted by Crippen LogP contribution is -2.55. The normalized spacial score (nSPS) is 24.4. The molecule has 19 heavy (non-hydrogen) atoms. The van der Waals surface area contributed by atoms with Crippen molar-refractivity contribution in [3.05, 3.63) is 0 Å². The lowest BCUT2D eigenvalue weighted by atomic mass is 9.79. The Hall–Kier alpha value is -0.680. The fourth-order valence-electron chi connectivity index (χ4n) is 3.17. The predicted octanol–water partition coefficient (Wildman–Crippen LogP) is 2.13. The van der Waals surface area contributed by atoms with Crippen molar-refractivity contribution in [2.45, 2.75) is 57.8 Å². The number of nitrogens with one attached hydrogen (secondary N) is 1. The summed E-state index contributed by atoms with van der Waals surface area (Å²) >= 11 is 5.23. The van der Waals surface area contributed by atoms with Crippen molar-refractivity contribution in [1.29, 1.82) is 0 Å². The number of hydrogen-bond acceptors (Lipinski definition) is 3. The molecule has 4 nitrogen and oxygen atoms in total. The van der Waals surface area contributed by atoms with E-state index in [9.17, 15) is 4.79 Å². The van der Waals surface area contributed by atoms with Crippen LogP contribution >= 0.6 is 12.2 Å². The fourth-order valence-corrected chi connectivity index (χ4v) is 3.47. The van der Waals surface area contributed by atoms with Crippen molar-refractivity contribution >= 4 is 23.1 Å². The van der Waals surface area contributed by atoms with Gasteiger partial charge in [-0.2, -0.15) is 0 Å². The molecule has 1 amide bonds. The van der Waals surface area contributed by atoms with Crippen molar-refractivity contribution in [3.63, 3.8) is 0 Å². The van der Waals surface area contributed by atoms with Gasteiger partial charge in [-0.3, -0.25) is 10.2 Å². The summed E-state index contributed by atoms with van der Waals surface area (Å²) in [5.41, 5.74) is 8.39. The van der Waals surface area contributed by atoms with Crippen LogP contribution in [0.25, 0.3) is 0 Å². The third kappa shape index (κ3) is 3.45. The zero-order valence-corrected chi connectivity index (χ0v) is 12.4. The molecule has 0 radical (unpaired) electrons. The molecule has 2 fully saturated rings. The van der Waals surface area contributed by atoms with Crippen molar-refractivity contribution in [2.24, 2.45) is 11.1 Å². The smallest absolute Gasteiger partial charge is 0.247 e. The van der Waals surface area contributed by atoms with Gasteiger partial charge in [0, 0.05) is 13.1 Å². The van der Waals surface area contributed by atoms with E-state index in [4.69, 9.17) is 18.0 Å². The Labute approximate surface area is 121 Å². The first-order valence-electron chi connectivity index (χ1n) is 7.51. The minimum absolute atomic E-state index is 0.0313. The summed E-state index contributed by atoms with van der Waals surface area (Å²) in [6, 6.07) is 0. The lowest BCUT2D eigenvalue weighted by molar-refractivity contribution is -0.133. The molecule has 0 spiro atoms. The molecule has 0 bridgehead atoms. The van der Waals surface area contributed by atoms with Crippen molar-refractivity contribution in [1.82, 2.24) is 10.4 Å². The Bertz CT molecular complexity index is 332. The number of piperidine rings is 1. The molecule has 0 aromatic heterocycles. The summed E-state index contributed by atoms with van der Waals surface area (Å²) in [6.45, 7) is 1.89. The molecule has 1 saturated heterocycles. The monoisotopic (exact) mass is 283 g/mol. The first kappa shape index (κ1) is 14.7. The number of thiocarbonyl (C=S) groups is 1. The Morgan fingerprint density at radius 2 is 1.53 bits per heavy atom. The molecular weight excluding hydrogens is 258 g/mol. The maximum Gasteiger partial charge on any atom is 0.247 e. The second-order valence-corrected chi connectivity index (χ2v) is 6.29. The van der Waals surface area contributed by atoms with E-state index in [1.165, 1.54) is 19.3 Å². The minimum Gasteiger partial charge on any atom is -0.392 e. The molecule has 5 heteroatoms. The van der Waals surface area contributed by atoms with Gasteiger partial charge in [-0.25, -0.2) is 5.01 Å². The maximum absolute atomic E-state index is 12.7. The Morgan fingerprint density at radius 3 is 2.05 bits per heavy atom. The van der Waals surface area contributed by atoms with Crippen LogP contribution in [0.1, 0.15) is 57.8 Å². The molecule has 108 valence electrons. The number of hydrogen-bond donors (Lipinski definition) is 2. The van der Waals surface area contributed by atoms with E-state index in [1.54, 1.807) is 0 Å². The SMILES string of the molecule is NC(=S)C1(C(=O)NN2CCCCC2)CCCCCC1. The third-order valence-electron chi connectivity index (χ3n) is 4.48. The van der Waals surface area contributed by atoms with E-state index >= 15 is 0 Å². The van der Waals surface area contributed by atoms with Crippen LogP contribution in [0.4, 0.5) is 0 Å². The van der Waals surface area contributed by atoms with Gasteiger partial charge < -0.3 is 5.73 Å². The first-order chi connectivity index (χ1) is 9.15. The van der Waals surface area contributed by atoms with E-state index in [0.717, 1.165) is 51.6 Å². The van der Waals surface area contributed by atoms with Gasteiger partial charge in [0.15, 0.2) is 0 Å². The topological polar surface area (TPSA) is 58.4 Å². The van der Waals surface area contributed by atoms with Gasteiger partial charge in [0.25, 0.3) is 0 Å². The number of carbonyl (C=O) groups is 1. The van der Waals surface area contributed by atoms with Crippen LogP contribution in [0.2, 0.25) is 0 Å². The Balaban J connectivity index is 2.04. The molecular formula is C14H25N3OS. The minimum atomic E-state index is -0.608. The zero-order chi connectivity index (χ0) is 13.7. The molecule has 1 saturated carbocycles. The van der Waals surface area contributed by atoms with Gasteiger partial charge >= 0.3 is 0 Å². The maximum atomic E-state index is 12.7. The van der Waals surface area contributed by atoms with Crippen molar-refractivity contribution in [3.8, 4) is 0 Å². The highest BCUT2D eigenvalue weighted by Gasteiger charge is 2.42. The van der Waals surface area contributed by atoms with E-state index in [0.29, 0.717) is 4.99 Å². The van der Waals surface area contributed by atoms with Crippen LogP contribution in [0.5, 0.6) is 0 Å². The molecule has 2 rings (SSSR count). The second kappa shape index (κ2) is 6.66. The molecule has 0 unspecified atom stereocenters. The van der Waals surface area contributed by atoms with E-state index in [2.05, 4.69) is 5.43 Å². The average molecular weight is 283 g/mol.